The van der Waals surface area contributed by atoms with Crippen LogP contribution in [0.2, 0.25) is 0 Å². The second-order valence-corrected chi connectivity index (χ2v) is 8.27. The fraction of sp³-hybridized carbons (Fsp3) is 0.588. The van der Waals surface area contributed by atoms with Gasteiger partial charge in [0.05, 0.1) is 4.90 Å². The molecule has 0 saturated carbocycles. The highest BCUT2D eigenvalue weighted by molar-refractivity contribution is 7.89. The van der Waals surface area contributed by atoms with Gasteiger partial charge in [0.2, 0.25) is 10.0 Å². The molecule has 2 N–H and O–H groups in total. The first-order valence-corrected chi connectivity index (χ1v) is 10.3. The largest absolute Gasteiger partial charge is 0.405 e. The molecular weight excluding hydrogens is 419 g/mol. The first-order valence-electron chi connectivity index (χ1n) is 8.80. The van der Waals surface area contributed by atoms with Crippen LogP contribution in [0.15, 0.2) is 29.2 Å². The summed E-state index contributed by atoms with van der Waals surface area (Å²) in [5.41, 5.74) is -0.0360. The van der Waals surface area contributed by atoms with Gasteiger partial charge in [-0.1, -0.05) is 6.92 Å². The van der Waals surface area contributed by atoms with E-state index in [4.69, 9.17) is 0 Å². The summed E-state index contributed by atoms with van der Waals surface area (Å²) < 4.78 is 64.0. The van der Waals surface area contributed by atoms with Gasteiger partial charge in [0.15, 0.2) is 0 Å². The molecule has 6 nitrogen and oxygen atoms in total. The number of hydrogen-bond donors (Lipinski definition) is 2. The topological polar surface area (TPSA) is 78.5 Å². The van der Waals surface area contributed by atoms with Crippen LogP contribution in [-0.2, 0) is 10.0 Å². The van der Waals surface area contributed by atoms with Crippen molar-refractivity contribution in [3.05, 3.63) is 29.8 Å². The number of alkyl halides is 3. The zero-order valence-electron chi connectivity index (χ0n) is 15.5. The Labute approximate surface area is 169 Å². The lowest BCUT2D eigenvalue weighted by atomic mass is 10.1. The van der Waals surface area contributed by atoms with E-state index in [0.29, 0.717) is 0 Å². The zero-order valence-corrected chi connectivity index (χ0v) is 17.1. The smallest absolute Gasteiger partial charge is 0.343 e. The van der Waals surface area contributed by atoms with Gasteiger partial charge in [0, 0.05) is 11.6 Å². The van der Waals surface area contributed by atoms with Crippen molar-refractivity contribution in [1.82, 2.24) is 14.9 Å². The maximum Gasteiger partial charge on any atom is 0.405 e. The molecule has 160 valence electrons. The number of benzene rings is 1. The number of rotatable bonds is 7. The molecule has 11 heteroatoms. The number of carbonyl (C=O) groups excluding carboxylic acids is 1. The van der Waals surface area contributed by atoms with Crippen LogP contribution in [0.4, 0.5) is 13.2 Å². The van der Waals surface area contributed by atoms with E-state index in [0.717, 1.165) is 38.9 Å². The SMILES string of the molecule is CCCN1CCC(NS(=O)(=O)c2ccc(C(=O)NCC(F)(F)F)cc2)CC1.Cl. The van der Waals surface area contributed by atoms with E-state index in [1.807, 2.05) is 0 Å². The first kappa shape index (κ1) is 24.7. The summed E-state index contributed by atoms with van der Waals surface area (Å²) in [5, 5.41) is 1.74. The van der Waals surface area contributed by atoms with Crippen LogP contribution < -0.4 is 10.0 Å². The van der Waals surface area contributed by atoms with Gasteiger partial charge >= 0.3 is 6.18 Å². The minimum Gasteiger partial charge on any atom is -0.343 e. The van der Waals surface area contributed by atoms with Gasteiger partial charge in [0.25, 0.3) is 5.91 Å². The van der Waals surface area contributed by atoms with Gasteiger partial charge in [-0.25, -0.2) is 13.1 Å². The fourth-order valence-electron chi connectivity index (χ4n) is 2.95. The Kier molecular flexibility index (Phi) is 9.19. The lowest BCUT2D eigenvalue weighted by Crippen LogP contribution is -2.44. The van der Waals surface area contributed by atoms with Crippen molar-refractivity contribution < 1.29 is 26.4 Å². The minimum atomic E-state index is -4.50. The lowest BCUT2D eigenvalue weighted by Gasteiger charge is -2.31. The summed E-state index contributed by atoms with van der Waals surface area (Å²) in [5.74, 6) is -0.910. The molecule has 1 aliphatic rings. The Morgan fingerprint density at radius 1 is 1.18 bits per heavy atom. The average Bonchev–Trinajstić information content (AvgIpc) is 2.61. The zero-order chi connectivity index (χ0) is 20.1. The van der Waals surface area contributed by atoms with Crippen molar-refractivity contribution in [3.63, 3.8) is 0 Å². The third-order valence-electron chi connectivity index (χ3n) is 4.33. The maximum atomic E-state index is 12.5. The summed E-state index contributed by atoms with van der Waals surface area (Å²) >= 11 is 0. The van der Waals surface area contributed by atoms with E-state index >= 15 is 0 Å². The number of amides is 1. The molecule has 1 aromatic carbocycles. The molecule has 2 rings (SSSR count). The normalized spacial score (nSPS) is 16.4. The van der Waals surface area contributed by atoms with Crippen molar-refractivity contribution in [3.8, 4) is 0 Å². The molecule has 1 aromatic rings. The highest BCUT2D eigenvalue weighted by Gasteiger charge is 2.28. The van der Waals surface area contributed by atoms with Crippen LogP contribution in [-0.4, -0.2) is 57.6 Å². The van der Waals surface area contributed by atoms with Crippen molar-refractivity contribution in [2.24, 2.45) is 0 Å². The Morgan fingerprint density at radius 3 is 2.25 bits per heavy atom. The van der Waals surface area contributed by atoms with Gasteiger partial charge in [0.1, 0.15) is 6.54 Å². The summed E-state index contributed by atoms with van der Waals surface area (Å²) in [4.78, 5) is 13.9. The molecule has 1 aliphatic heterocycles. The van der Waals surface area contributed by atoms with Crippen molar-refractivity contribution in [1.29, 1.82) is 0 Å². The Bertz CT molecular complexity index is 734. The maximum absolute atomic E-state index is 12.5. The molecule has 0 aliphatic carbocycles. The molecule has 0 radical (unpaired) electrons. The van der Waals surface area contributed by atoms with Gasteiger partial charge in [-0.15, -0.1) is 12.4 Å². The van der Waals surface area contributed by atoms with Crippen molar-refractivity contribution >= 4 is 28.3 Å². The van der Waals surface area contributed by atoms with E-state index in [9.17, 15) is 26.4 Å². The van der Waals surface area contributed by atoms with E-state index in [-0.39, 0.29) is 28.9 Å². The monoisotopic (exact) mass is 443 g/mol. The second kappa shape index (κ2) is 10.4. The number of carbonyl (C=O) groups is 1. The summed E-state index contributed by atoms with van der Waals surface area (Å²) in [7, 11) is -3.75. The third-order valence-corrected chi connectivity index (χ3v) is 5.86. The quantitative estimate of drug-likeness (QED) is 0.679. The molecule has 1 amide bonds. The van der Waals surface area contributed by atoms with E-state index in [1.54, 1.807) is 5.32 Å². The minimum absolute atomic E-state index is 0. The molecule has 0 atom stereocenters. The molecule has 0 bridgehead atoms. The lowest BCUT2D eigenvalue weighted by molar-refractivity contribution is -0.123. The fourth-order valence-corrected chi connectivity index (χ4v) is 4.25. The Hall–Kier alpha value is -1.36. The number of nitrogens with one attached hydrogen (secondary N) is 2. The highest BCUT2D eigenvalue weighted by atomic mass is 35.5. The van der Waals surface area contributed by atoms with E-state index in [2.05, 4.69) is 16.5 Å². The van der Waals surface area contributed by atoms with Crippen LogP contribution in [0, 0.1) is 0 Å². The standard InChI is InChI=1S/C17H24F3N3O3S.ClH/c1-2-9-23-10-7-14(8-11-23)22-27(25,26)15-5-3-13(4-6-15)16(24)21-12-17(18,19)20;/h3-6,14,22H,2,7-12H2,1H3,(H,21,24);1H. The number of hydrogen-bond acceptors (Lipinski definition) is 4. The number of nitrogens with zero attached hydrogens (tertiary/aromatic N) is 1. The van der Waals surface area contributed by atoms with Crippen LogP contribution in [0.1, 0.15) is 36.5 Å². The summed E-state index contributed by atoms with van der Waals surface area (Å²) in [6.07, 6.45) is -2.01. The van der Waals surface area contributed by atoms with Crippen LogP contribution in [0.3, 0.4) is 0 Å². The van der Waals surface area contributed by atoms with E-state index in [1.165, 1.54) is 24.3 Å². The van der Waals surface area contributed by atoms with Crippen LogP contribution >= 0.6 is 12.4 Å². The predicted molar refractivity (Wildman–Crippen MR) is 102 cm³/mol. The molecular formula is C17H25ClF3N3O3S. The third kappa shape index (κ3) is 7.57. The molecule has 0 aromatic heterocycles. The Morgan fingerprint density at radius 2 is 1.75 bits per heavy atom. The average molecular weight is 444 g/mol. The van der Waals surface area contributed by atoms with Gasteiger partial charge < -0.3 is 10.2 Å². The predicted octanol–water partition coefficient (Wildman–Crippen LogP) is 2.55. The van der Waals surface area contributed by atoms with Crippen LogP contribution in [0.5, 0.6) is 0 Å². The van der Waals surface area contributed by atoms with Crippen molar-refractivity contribution in [2.75, 3.05) is 26.2 Å². The molecule has 1 saturated heterocycles. The molecule has 0 unspecified atom stereocenters. The van der Waals surface area contributed by atoms with Gasteiger partial charge in [-0.3, -0.25) is 4.79 Å². The molecule has 0 spiro atoms. The Balaban J connectivity index is 0.00000392. The molecule has 28 heavy (non-hydrogen) atoms. The number of sulfonamides is 1. The van der Waals surface area contributed by atoms with Gasteiger partial charge in [-0.2, -0.15) is 13.2 Å². The number of piperidine rings is 1. The number of halogens is 4. The summed E-state index contributed by atoms with van der Waals surface area (Å²) in [6, 6.07) is 4.68. The second-order valence-electron chi connectivity index (χ2n) is 6.56. The van der Waals surface area contributed by atoms with Crippen molar-refractivity contribution in [2.45, 2.75) is 43.3 Å². The number of likely N-dealkylation sites (tertiary alicyclic amines) is 1. The molecule has 1 heterocycles. The molecule has 1 fully saturated rings. The highest BCUT2D eigenvalue weighted by Crippen LogP contribution is 2.17. The van der Waals surface area contributed by atoms with Crippen LogP contribution in [0.25, 0.3) is 0 Å². The van der Waals surface area contributed by atoms with Gasteiger partial charge in [-0.05, 0) is 63.2 Å². The first-order chi connectivity index (χ1) is 12.6. The summed E-state index contributed by atoms with van der Waals surface area (Å²) in [6.45, 7) is 3.32. The van der Waals surface area contributed by atoms with E-state index < -0.39 is 28.7 Å².